The third-order valence-corrected chi connectivity index (χ3v) is 3.14. The molecule has 76 valence electrons. The molecular formula is C10H20N2O. The van der Waals surface area contributed by atoms with Crippen molar-refractivity contribution in [1.82, 2.24) is 10.6 Å². The zero-order valence-electron chi connectivity index (χ0n) is 8.44. The predicted octanol–water partition coefficient (Wildman–Crippen LogP) is 0.507. The van der Waals surface area contributed by atoms with Crippen molar-refractivity contribution < 1.29 is 4.74 Å². The van der Waals surface area contributed by atoms with E-state index >= 15 is 0 Å². The van der Waals surface area contributed by atoms with Gasteiger partial charge in [0.05, 0.1) is 0 Å². The number of hydrogen-bond donors (Lipinski definition) is 2. The largest absolute Gasteiger partial charge is 0.381 e. The molecule has 0 unspecified atom stereocenters. The van der Waals surface area contributed by atoms with E-state index in [0.29, 0.717) is 11.6 Å². The van der Waals surface area contributed by atoms with Crippen molar-refractivity contribution in [2.75, 3.05) is 26.3 Å². The maximum absolute atomic E-state index is 5.34. The van der Waals surface area contributed by atoms with Gasteiger partial charge in [-0.25, -0.2) is 0 Å². The van der Waals surface area contributed by atoms with Crippen molar-refractivity contribution in [3.63, 3.8) is 0 Å². The lowest BCUT2D eigenvalue weighted by molar-refractivity contribution is 0.0702. The molecule has 3 heteroatoms. The Hall–Kier alpha value is -0.120. The van der Waals surface area contributed by atoms with Gasteiger partial charge in [-0.05, 0) is 32.7 Å². The Morgan fingerprint density at radius 3 is 2.77 bits per heavy atom. The van der Waals surface area contributed by atoms with Crippen LogP contribution in [0.5, 0.6) is 0 Å². The van der Waals surface area contributed by atoms with Gasteiger partial charge in [0.25, 0.3) is 0 Å². The van der Waals surface area contributed by atoms with Gasteiger partial charge in [-0.2, -0.15) is 0 Å². The SMILES string of the molecule is C[C@@]1(NC2CCOCC2)CCNC1. The van der Waals surface area contributed by atoms with E-state index in [1.54, 1.807) is 0 Å². The fourth-order valence-corrected chi connectivity index (χ4v) is 2.27. The molecule has 2 saturated heterocycles. The van der Waals surface area contributed by atoms with Crippen molar-refractivity contribution in [3.8, 4) is 0 Å². The van der Waals surface area contributed by atoms with Gasteiger partial charge in [0, 0.05) is 31.3 Å². The molecule has 0 radical (unpaired) electrons. The quantitative estimate of drug-likeness (QED) is 0.656. The summed E-state index contributed by atoms with van der Waals surface area (Å²) in [6.45, 7) is 6.46. The molecule has 0 bridgehead atoms. The minimum absolute atomic E-state index is 0.335. The maximum Gasteiger partial charge on any atom is 0.0480 e. The predicted molar refractivity (Wildman–Crippen MR) is 52.9 cm³/mol. The molecule has 0 aromatic heterocycles. The first kappa shape index (κ1) is 9.44. The monoisotopic (exact) mass is 184 g/mol. The standard InChI is InChI=1S/C10H20N2O/c1-10(4-5-11-8-10)12-9-2-6-13-7-3-9/h9,11-12H,2-8H2,1H3/t10-/m1/s1. The lowest BCUT2D eigenvalue weighted by Crippen LogP contribution is -2.51. The van der Waals surface area contributed by atoms with Crippen molar-refractivity contribution >= 4 is 0 Å². The van der Waals surface area contributed by atoms with Crippen LogP contribution in [0.25, 0.3) is 0 Å². The van der Waals surface area contributed by atoms with Crippen LogP contribution >= 0.6 is 0 Å². The van der Waals surface area contributed by atoms with Gasteiger partial charge in [0.1, 0.15) is 0 Å². The Bertz CT molecular complexity index is 160. The molecule has 0 amide bonds. The fourth-order valence-electron chi connectivity index (χ4n) is 2.27. The van der Waals surface area contributed by atoms with Crippen molar-refractivity contribution in [3.05, 3.63) is 0 Å². The van der Waals surface area contributed by atoms with Crippen LogP contribution in [-0.4, -0.2) is 37.9 Å². The smallest absolute Gasteiger partial charge is 0.0480 e. The summed E-state index contributed by atoms with van der Waals surface area (Å²) >= 11 is 0. The van der Waals surface area contributed by atoms with Crippen LogP contribution in [0.15, 0.2) is 0 Å². The van der Waals surface area contributed by atoms with Crippen LogP contribution in [0.3, 0.4) is 0 Å². The zero-order chi connectivity index (χ0) is 9.15. The highest BCUT2D eigenvalue weighted by atomic mass is 16.5. The van der Waals surface area contributed by atoms with E-state index in [1.165, 1.54) is 19.3 Å². The van der Waals surface area contributed by atoms with Crippen LogP contribution < -0.4 is 10.6 Å². The van der Waals surface area contributed by atoms with E-state index in [0.717, 1.165) is 26.3 Å². The Kier molecular flexibility index (Phi) is 2.86. The lowest BCUT2D eigenvalue weighted by Gasteiger charge is -2.33. The number of ether oxygens (including phenoxy) is 1. The average molecular weight is 184 g/mol. The first-order chi connectivity index (χ1) is 6.29. The molecule has 0 saturated carbocycles. The second-order valence-electron chi connectivity index (χ2n) is 4.52. The molecule has 0 aliphatic carbocycles. The molecule has 1 atom stereocenters. The molecule has 2 fully saturated rings. The molecular weight excluding hydrogens is 164 g/mol. The van der Waals surface area contributed by atoms with Gasteiger partial charge in [0.15, 0.2) is 0 Å². The highest BCUT2D eigenvalue weighted by Gasteiger charge is 2.30. The van der Waals surface area contributed by atoms with Crippen molar-refractivity contribution in [2.45, 2.75) is 37.8 Å². The topological polar surface area (TPSA) is 33.3 Å². The second kappa shape index (κ2) is 3.95. The summed E-state index contributed by atoms with van der Waals surface area (Å²) in [5.74, 6) is 0. The van der Waals surface area contributed by atoms with Crippen molar-refractivity contribution in [2.24, 2.45) is 0 Å². The molecule has 3 nitrogen and oxygen atoms in total. The molecule has 2 heterocycles. The molecule has 2 aliphatic heterocycles. The van der Waals surface area contributed by atoms with Crippen LogP contribution in [0.1, 0.15) is 26.2 Å². The van der Waals surface area contributed by atoms with E-state index in [2.05, 4.69) is 17.6 Å². The first-order valence-corrected chi connectivity index (χ1v) is 5.35. The van der Waals surface area contributed by atoms with Gasteiger partial charge in [0.2, 0.25) is 0 Å². The minimum Gasteiger partial charge on any atom is -0.381 e. The van der Waals surface area contributed by atoms with Crippen LogP contribution in [-0.2, 0) is 4.74 Å². The summed E-state index contributed by atoms with van der Waals surface area (Å²) < 4.78 is 5.34. The van der Waals surface area contributed by atoms with E-state index in [1.807, 2.05) is 0 Å². The Balaban J connectivity index is 1.81. The van der Waals surface area contributed by atoms with Gasteiger partial charge in [-0.1, -0.05) is 0 Å². The molecule has 2 rings (SSSR count). The van der Waals surface area contributed by atoms with E-state index in [-0.39, 0.29) is 0 Å². The van der Waals surface area contributed by atoms with Gasteiger partial charge in [-0.15, -0.1) is 0 Å². The Morgan fingerprint density at radius 1 is 1.38 bits per heavy atom. The molecule has 0 aromatic rings. The summed E-state index contributed by atoms with van der Waals surface area (Å²) in [4.78, 5) is 0. The third-order valence-electron chi connectivity index (χ3n) is 3.14. The minimum atomic E-state index is 0.335. The maximum atomic E-state index is 5.34. The van der Waals surface area contributed by atoms with Crippen LogP contribution in [0.4, 0.5) is 0 Å². The normalized spacial score (nSPS) is 36.7. The van der Waals surface area contributed by atoms with Crippen molar-refractivity contribution in [1.29, 1.82) is 0 Å². The van der Waals surface area contributed by atoms with E-state index < -0.39 is 0 Å². The lowest BCUT2D eigenvalue weighted by atomic mass is 9.98. The summed E-state index contributed by atoms with van der Waals surface area (Å²) in [5, 5.41) is 7.16. The van der Waals surface area contributed by atoms with E-state index in [4.69, 9.17) is 4.74 Å². The first-order valence-electron chi connectivity index (χ1n) is 5.35. The van der Waals surface area contributed by atoms with Gasteiger partial charge >= 0.3 is 0 Å². The Labute approximate surface area is 80.2 Å². The second-order valence-corrected chi connectivity index (χ2v) is 4.52. The number of hydrogen-bond acceptors (Lipinski definition) is 3. The molecule has 0 aromatic carbocycles. The van der Waals surface area contributed by atoms with Gasteiger partial charge in [-0.3, -0.25) is 0 Å². The average Bonchev–Trinajstić information content (AvgIpc) is 2.54. The highest BCUT2D eigenvalue weighted by Crippen LogP contribution is 2.17. The summed E-state index contributed by atoms with van der Waals surface area (Å²) in [6, 6.07) is 0.679. The summed E-state index contributed by atoms with van der Waals surface area (Å²) in [6.07, 6.45) is 3.61. The highest BCUT2D eigenvalue weighted by molar-refractivity contribution is 4.94. The molecule has 2 aliphatic rings. The van der Waals surface area contributed by atoms with Gasteiger partial charge < -0.3 is 15.4 Å². The number of nitrogens with one attached hydrogen (secondary N) is 2. The molecule has 2 N–H and O–H groups in total. The fraction of sp³-hybridized carbons (Fsp3) is 1.00. The van der Waals surface area contributed by atoms with E-state index in [9.17, 15) is 0 Å². The summed E-state index contributed by atoms with van der Waals surface area (Å²) in [5.41, 5.74) is 0.335. The van der Waals surface area contributed by atoms with Crippen LogP contribution in [0, 0.1) is 0 Å². The Morgan fingerprint density at radius 2 is 2.15 bits per heavy atom. The number of rotatable bonds is 2. The third kappa shape index (κ3) is 2.42. The molecule has 13 heavy (non-hydrogen) atoms. The molecule has 0 spiro atoms. The zero-order valence-corrected chi connectivity index (χ0v) is 8.44. The summed E-state index contributed by atoms with van der Waals surface area (Å²) in [7, 11) is 0. The van der Waals surface area contributed by atoms with Crippen LogP contribution in [0.2, 0.25) is 0 Å².